The van der Waals surface area contributed by atoms with Crippen LogP contribution >= 0.6 is 0 Å². The van der Waals surface area contributed by atoms with E-state index in [4.69, 9.17) is 0 Å². The lowest BCUT2D eigenvalue weighted by atomic mass is 9.91. The van der Waals surface area contributed by atoms with Crippen molar-refractivity contribution in [3.8, 4) is 0 Å². The van der Waals surface area contributed by atoms with Gasteiger partial charge < -0.3 is 0 Å². The van der Waals surface area contributed by atoms with E-state index in [9.17, 15) is 0 Å². The summed E-state index contributed by atoms with van der Waals surface area (Å²) in [5.74, 6) is 1.85. The second-order valence-corrected chi connectivity index (χ2v) is 18.0. The summed E-state index contributed by atoms with van der Waals surface area (Å²) in [6.07, 6.45) is 9.45. The molecule has 17 heavy (non-hydrogen) atoms. The van der Waals surface area contributed by atoms with Crippen LogP contribution in [0, 0.1) is 11.8 Å². The first-order valence-corrected chi connectivity index (χ1v) is 14.1. The van der Waals surface area contributed by atoms with Crippen LogP contribution < -0.4 is 0 Å². The minimum absolute atomic E-state index is 0.924. The molecule has 0 aliphatic heterocycles. The molecule has 2 unspecified atom stereocenters. The highest BCUT2D eigenvalue weighted by atomic mass is 28.3. The zero-order valence-corrected chi connectivity index (χ0v) is 14.4. The molecule has 0 N–H and O–H groups in total. The smallest absolute Gasteiger partial charge is 0.0728 e. The maximum atomic E-state index is 2.53. The summed E-state index contributed by atoms with van der Waals surface area (Å²) < 4.78 is 0. The highest BCUT2D eigenvalue weighted by Crippen LogP contribution is 2.48. The van der Waals surface area contributed by atoms with Gasteiger partial charge in [0.05, 0.1) is 16.1 Å². The van der Waals surface area contributed by atoms with Gasteiger partial charge in [-0.2, -0.15) is 0 Å². The molecule has 1 saturated carbocycles. The predicted molar refractivity (Wildman–Crippen MR) is 83.7 cm³/mol. The molecule has 0 radical (unpaired) electrons. The molecule has 2 atom stereocenters. The monoisotopic (exact) mass is 264 g/mol. The molecule has 0 aromatic heterocycles. The van der Waals surface area contributed by atoms with Crippen LogP contribution in [-0.2, 0) is 0 Å². The summed E-state index contributed by atoms with van der Waals surface area (Å²) in [6, 6.07) is 0. The van der Waals surface area contributed by atoms with Crippen LogP contribution in [0.5, 0.6) is 0 Å². The quantitative estimate of drug-likeness (QED) is 0.614. The summed E-state index contributed by atoms with van der Waals surface area (Å²) in [4.78, 5) is 0. The fraction of sp³-hybridized carbons (Fsp3) is 0.733. The molecular weight excluding hydrogens is 236 g/mol. The van der Waals surface area contributed by atoms with Crippen LogP contribution in [0.3, 0.4) is 0 Å². The minimum Gasteiger partial charge on any atom is -0.0775 e. The largest absolute Gasteiger partial charge is 0.0775 e. The van der Waals surface area contributed by atoms with Crippen molar-refractivity contribution in [3.63, 3.8) is 0 Å². The van der Waals surface area contributed by atoms with Gasteiger partial charge in [0.15, 0.2) is 0 Å². The topological polar surface area (TPSA) is 0 Å². The maximum Gasteiger partial charge on any atom is 0.0728 e. The van der Waals surface area contributed by atoms with Crippen LogP contribution in [0.25, 0.3) is 0 Å². The first-order valence-electron chi connectivity index (χ1n) is 7.14. The van der Waals surface area contributed by atoms with Gasteiger partial charge >= 0.3 is 0 Å². The molecule has 0 nitrogen and oxygen atoms in total. The molecule has 0 spiro atoms. The van der Waals surface area contributed by atoms with Gasteiger partial charge in [-0.15, -0.1) is 0 Å². The number of hydrogen-bond donors (Lipinski definition) is 0. The summed E-state index contributed by atoms with van der Waals surface area (Å²) in [5.41, 5.74) is 0. The van der Waals surface area contributed by atoms with Crippen molar-refractivity contribution in [1.82, 2.24) is 0 Å². The van der Waals surface area contributed by atoms with Crippen LogP contribution in [0.4, 0.5) is 0 Å². The first-order chi connectivity index (χ1) is 7.71. The Morgan fingerprint density at radius 1 is 0.765 bits per heavy atom. The van der Waals surface area contributed by atoms with E-state index in [1.165, 1.54) is 19.3 Å². The molecule has 0 aromatic rings. The van der Waals surface area contributed by atoms with Gasteiger partial charge in [0.1, 0.15) is 0 Å². The van der Waals surface area contributed by atoms with Gasteiger partial charge in [-0.25, -0.2) is 0 Å². The normalized spacial score (nSPS) is 29.8. The number of fused-ring (bicyclic) bond motifs is 1. The van der Waals surface area contributed by atoms with Crippen molar-refractivity contribution < 1.29 is 0 Å². The Kier molecular flexibility index (Phi) is 3.32. The van der Waals surface area contributed by atoms with Gasteiger partial charge in [-0.3, -0.25) is 0 Å². The van der Waals surface area contributed by atoms with Crippen LogP contribution in [0.2, 0.25) is 39.3 Å². The zero-order chi connectivity index (χ0) is 12.8. The van der Waals surface area contributed by atoms with Gasteiger partial charge in [0.25, 0.3) is 0 Å². The molecule has 0 amide bonds. The van der Waals surface area contributed by atoms with Crippen molar-refractivity contribution in [2.24, 2.45) is 11.8 Å². The molecule has 0 saturated heterocycles. The lowest BCUT2D eigenvalue weighted by Crippen LogP contribution is -2.38. The molecule has 0 bridgehead atoms. The summed E-state index contributed by atoms with van der Waals surface area (Å²) in [5, 5.41) is 3.70. The second kappa shape index (κ2) is 4.23. The standard InChI is InChI=1S/C15H28Si2/c1-16(2,3)14-10-11-15(17(4,5)6)13-9-7-8-12(13)14/h10-13H,7-9H2,1-6H3. The van der Waals surface area contributed by atoms with E-state index in [1.54, 1.807) is 0 Å². The van der Waals surface area contributed by atoms with Crippen molar-refractivity contribution >= 4 is 16.1 Å². The molecular formula is C15H28Si2. The Balaban J connectivity index is 2.41. The molecule has 96 valence electrons. The minimum atomic E-state index is -1.10. The Hall–Kier alpha value is -0.0862. The van der Waals surface area contributed by atoms with Crippen LogP contribution in [0.15, 0.2) is 22.5 Å². The third-order valence-corrected chi connectivity index (χ3v) is 9.03. The molecule has 2 aliphatic rings. The lowest BCUT2D eigenvalue weighted by Gasteiger charge is -2.38. The second-order valence-electron chi connectivity index (χ2n) is 7.89. The molecule has 0 aromatic carbocycles. The zero-order valence-electron chi connectivity index (χ0n) is 12.4. The molecule has 1 fully saturated rings. The SMILES string of the molecule is C[Si](C)(C)C1=CC=C([Si](C)(C)C)C2CCCC12. The Morgan fingerprint density at radius 3 is 1.41 bits per heavy atom. The van der Waals surface area contributed by atoms with Crippen molar-refractivity contribution in [2.75, 3.05) is 0 Å². The van der Waals surface area contributed by atoms with E-state index in [-0.39, 0.29) is 0 Å². The highest BCUT2D eigenvalue weighted by Gasteiger charge is 2.41. The summed E-state index contributed by atoms with van der Waals surface area (Å²) >= 11 is 0. The van der Waals surface area contributed by atoms with Gasteiger partial charge in [-0.1, -0.05) is 68.2 Å². The molecule has 2 aliphatic carbocycles. The van der Waals surface area contributed by atoms with E-state index < -0.39 is 16.1 Å². The Bertz CT molecular complexity index is 327. The third kappa shape index (κ3) is 2.53. The Morgan fingerprint density at radius 2 is 1.12 bits per heavy atom. The average Bonchev–Trinajstić information content (AvgIpc) is 2.60. The third-order valence-electron chi connectivity index (χ3n) is 4.49. The van der Waals surface area contributed by atoms with E-state index in [0.717, 1.165) is 11.8 Å². The van der Waals surface area contributed by atoms with E-state index >= 15 is 0 Å². The summed E-state index contributed by atoms with van der Waals surface area (Å²) in [7, 11) is -2.20. The van der Waals surface area contributed by atoms with Gasteiger partial charge in [0.2, 0.25) is 0 Å². The van der Waals surface area contributed by atoms with Gasteiger partial charge in [0, 0.05) is 0 Å². The van der Waals surface area contributed by atoms with Crippen molar-refractivity contribution in [2.45, 2.75) is 58.5 Å². The maximum absolute atomic E-state index is 2.53. The van der Waals surface area contributed by atoms with E-state index in [2.05, 4.69) is 51.4 Å². The van der Waals surface area contributed by atoms with Crippen molar-refractivity contribution in [1.29, 1.82) is 0 Å². The number of allylic oxidation sites excluding steroid dienone is 4. The fourth-order valence-electron chi connectivity index (χ4n) is 3.74. The fourth-order valence-corrected chi connectivity index (χ4v) is 7.83. The van der Waals surface area contributed by atoms with E-state index in [1.807, 2.05) is 10.4 Å². The summed E-state index contributed by atoms with van der Waals surface area (Å²) in [6.45, 7) is 15.1. The highest BCUT2D eigenvalue weighted by molar-refractivity contribution is 6.84. The lowest BCUT2D eigenvalue weighted by molar-refractivity contribution is 0.525. The predicted octanol–water partition coefficient (Wildman–Crippen LogP) is 5.02. The van der Waals surface area contributed by atoms with E-state index in [0.29, 0.717) is 0 Å². The van der Waals surface area contributed by atoms with Crippen LogP contribution in [-0.4, -0.2) is 16.1 Å². The Labute approximate surface area is 109 Å². The molecule has 0 heterocycles. The van der Waals surface area contributed by atoms with Gasteiger partial charge in [-0.05, 0) is 24.7 Å². The van der Waals surface area contributed by atoms with Crippen molar-refractivity contribution in [3.05, 3.63) is 22.5 Å². The number of rotatable bonds is 2. The first kappa shape index (κ1) is 13.3. The number of hydrogen-bond acceptors (Lipinski definition) is 0. The molecule has 2 rings (SSSR count). The average molecular weight is 265 g/mol. The van der Waals surface area contributed by atoms with Crippen LogP contribution in [0.1, 0.15) is 19.3 Å². The molecule has 2 heteroatoms.